The lowest BCUT2D eigenvalue weighted by Gasteiger charge is -2.35. The normalized spacial score (nSPS) is 19.5. The molecule has 0 saturated carbocycles. The molecule has 0 spiro atoms. The van der Waals surface area contributed by atoms with Crippen molar-refractivity contribution in [3.05, 3.63) is 48.3 Å². The highest BCUT2D eigenvalue weighted by Crippen LogP contribution is 2.13. The summed E-state index contributed by atoms with van der Waals surface area (Å²) in [4.78, 5) is 19.4. The number of carbonyl (C=O) groups excluding carboxylic acids is 1. The second-order valence-corrected chi connectivity index (χ2v) is 7.98. The number of hydrogen-bond acceptors (Lipinski definition) is 4. The second-order valence-electron chi connectivity index (χ2n) is 7.98. The van der Waals surface area contributed by atoms with Crippen LogP contribution in [0.4, 0.5) is 0 Å². The van der Waals surface area contributed by atoms with E-state index in [1.807, 2.05) is 29.1 Å². The molecule has 1 aromatic heterocycles. The molecule has 0 unspecified atom stereocenters. The van der Waals surface area contributed by atoms with E-state index in [0.717, 1.165) is 64.3 Å². The summed E-state index contributed by atoms with van der Waals surface area (Å²) in [6, 6.07) is 10.2. The van der Waals surface area contributed by atoms with Crippen LogP contribution in [0, 0.1) is 0 Å². The van der Waals surface area contributed by atoms with Gasteiger partial charge in [0, 0.05) is 57.6 Å². The Bertz CT molecular complexity index is 743. The maximum absolute atomic E-state index is 12.6. The topological polar surface area (TPSA) is 44.6 Å². The highest BCUT2D eigenvalue weighted by atomic mass is 16.2. The number of aromatic nitrogens is 2. The summed E-state index contributed by atoms with van der Waals surface area (Å²) < 4.78 is 1.94. The minimum atomic E-state index is 0.319. The van der Waals surface area contributed by atoms with Gasteiger partial charge in [0.25, 0.3) is 0 Å². The maximum Gasteiger partial charge on any atom is 0.236 e. The van der Waals surface area contributed by atoms with Gasteiger partial charge in [0.1, 0.15) is 0 Å². The van der Waals surface area contributed by atoms with Gasteiger partial charge < -0.3 is 4.90 Å². The molecule has 2 aliphatic heterocycles. The van der Waals surface area contributed by atoms with Gasteiger partial charge in [0.2, 0.25) is 5.91 Å². The number of nitrogens with zero attached hydrogens (tertiary/aromatic N) is 5. The third-order valence-corrected chi connectivity index (χ3v) is 5.85. The fraction of sp³-hybridized carbons (Fsp3) is 0.545. The van der Waals surface area contributed by atoms with Crippen LogP contribution in [0.3, 0.4) is 0 Å². The Morgan fingerprint density at radius 2 is 1.54 bits per heavy atom. The van der Waals surface area contributed by atoms with Crippen LogP contribution >= 0.6 is 0 Å². The van der Waals surface area contributed by atoms with Gasteiger partial charge in [-0.05, 0) is 25.0 Å². The summed E-state index contributed by atoms with van der Waals surface area (Å²) in [5.74, 6) is 0.319. The van der Waals surface area contributed by atoms with E-state index in [9.17, 15) is 4.79 Å². The zero-order valence-electron chi connectivity index (χ0n) is 16.7. The average molecular weight is 382 g/mol. The quantitative estimate of drug-likeness (QED) is 0.798. The van der Waals surface area contributed by atoms with Crippen LogP contribution in [0.15, 0.2) is 42.7 Å². The van der Waals surface area contributed by atoms with Crippen LogP contribution in [0.5, 0.6) is 0 Å². The number of hydrogen-bond donors (Lipinski definition) is 0. The molecule has 28 heavy (non-hydrogen) atoms. The average Bonchev–Trinajstić information content (AvgIpc) is 3.02. The largest absolute Gasteiger partial charge is 0.342 e. The highest BCUT2D eigenvalue weighted by Gasteiger charge is 2.22. The summed E-state index contributed by atoms with van der Waals surface area (Å²) in [5.41, 5.74) is 2.32. The highest BCUT2D eigenvalue weighted by molar-refractivity contribution is 5.78. The molecule has 2 aliphatic rings. The lowest BCUT2D eigenvalue weighted by atomic mass is 10.2. The van der Waals surface area contributed by atoms with E-state index < -0.39 is 0 Å². The van der Waals surface area contributed by atoms with Crippen LogP contribution in [-0.4, -0.2) is 76.2 Å². The molecule has 0 radical (unpaired) electrons. The monoisotopic (exact) mass is 381 g/mol. The zero-order chi connectivity index (χ0) is 19.2. The SMILES string of the molecule is O=C(CN1CCN(Cc2cnn(-c3ccccc3)c2)CC1)N1CCCCCC1. The number of piperazine rings is 1. The van der Waals surface area contributed by atoms with Gasteiger partial charge >= 0.3 is 0 Å². The summed E-state index contributed by atoms with van der Waals surface area (Å²) in [7, 11) is 0. The Morgan fingerprint density at radius 3 is 2.25 bits per heavy atom. The van der Waals surface area contributed by atoms with Crippen molar-refractivity contribution in [1.29, 1.82) is 0 Å². The Labute approximate surface area is 167 Å². The van der Waals surface area contributed by atoms with Gasteiger partial charge in [-0.25, -0.2) is 4.68 Å². The fourth-order valence-corrected chi connectivity index (χ4v) is 4.14. The molecule has 2 aromatic rings. The van der Waals surface area contributed by atoms with Crippen LogP contribution in [-0.2, 0) is 11.3 Å². The molecule has 1 aromatic carbocycles. The zero-order valence-corrected chi connectivity index (χ0v) is 16.7. The molecule has 2 saturated heterocycles. The third-order valence-electron chi connectivity index (χ3n) is 5.85. The number of para-hydroxylation sites is 1. The van der Waals surface area contributed by atoms with Crippen molar-refractivity contribution >= 4 is 5.91 Å². The molecule has 6 heteroatoms. The van der Waals surface area contributed by atoms with Crippen molar-refractivity contribution in [1.82, 2.24) is 24.5 Å². The molecule has 0 bridgehead atoms. The predicted molar refractivity (Wildman–Crippen MR) is 110 cm³/mol. The number of likely N-dealkylation sites (tertiary alicyclic amines) is 1. The first-order valence-electron chi connectivity index (χ1n) is 10.6. The lowest BCUT2D eigenvalue weighted by Crippen LogP contribution is -2.49. The smallest absolute Gasteiger partial charge is 0.236 e. The van der Waals surface area contributed by atoms with E-state index in [4.69, 9.17) is 0 Å². The Balaban J connectivity index is 1.23. The van der Waals surface area contributed by atoms with E-state index in [1.54, 1.807) is 0 Å². The molecule has 3 heterocycles. The van der Waals surface area contributed by atoms with Gasteiger partial charge in [-0.1, -0.05) is 31.0 Å². The first kappa shape index (κ1) is 19.2. The third kappa shape index (κ3) is 5.00. The van der Waals surface area contributed by atoms with E-state index in [2.05, 4.69) is 38.1 Å². The van der Waals surface area contributed by atoms with Gasteiger partial charge in [-0.15, -0.1) is 0 Å². The molecule has 4 rings (SSSR count). The van der Waals surface area contributed by atoms with Gasteiger partial charge in [0.15, 0.2) is 0 Å². The van der Waals surface area contributed by atoms with Crippen LogP contribution in [0.2, 0.25) is 0 Å². The second kappa shape index (κ2) is 9.34. The molecule has 0 aliphatic carbocycles. The molecular formula is C22H31N5O. The Kier molecular flexibility index (Phi) is 6.39. The summed E-state index contributed by atoms with van der Waals surface area (Å²) in [5, 5.41) is 4.50. The minimum absolute atomic E-state index is 0.319. The molecule has 1 amide bonds. The van der Waals surface area contributed by atoms with Crippen molar-refractivity contribution in [3.8, 4) is 5.69 Å². The summed E-state index contributed by atoms with van der Waals surface area (Å²) in [6.45, 7) is 7.33. The standard InChI is InChI=1S/C22H31N5O/c28-22(26-10-6-1-2-7-11-26)19-25-14-12-24(13-15-25)17-20-16-23-27(18-20)21-8-4-3-5-9-21/h3-5,8-9,16,18H,1-2,6-7,10-15,17,19H2. The van der Waals surface area contributed by atoms with E-state index in [-0.39, 0.29) is 0 Å². The molecule has 6 nitrogen and oxygen atoms in total. The van der Waals surface area contributed by atoms with Gasteiger partial charge in [0.05, 0.1) is 18.4 Å². The number of carbonyl (C=O) groups is 1. The van der Waals surface area contributed by atoms with E-state index >= 15 is 0 Å². The van der Waals surface area contributed by atoms with E-state index in [1.165, 1.54) is 18.4 Å². The molecule has 0 atom stereocenters. The fourth-order valence-electron chi connectivity index (χ4n) is 4.14. The first-order valence-corrected chi connectivity index (χ1v) is 10.6. The van der Waals surface area contributed by atoms with Crippen LogP contribution in [0.25, 0.3) is 5.69 Å². The van der Waals surface area contributed by atoms with E-state index in [0.29, 0.717) is 12.5 Å². The molecule has 150 valence electrons. The predicted octanol–water partition coefficient (Wildman–Crippen LogP) is 2.39. The van der Waals surface area contributed by atoms with Crippen molar-refractivity contribution in [3.63, 3.8) is 0 Å². The number of rotatable bonds is 5. The summed E-state index contributed by atoms with van der Waals surface area (Å²) in [6.07, 6.45) is 8.94. The van der Waals surface area contributed by atoms with Crippen molar-refractivity contribution in [2.75, 3.05) is 45.8 Å². The van der Waals surface area contributed by atoms with Crippen molar-refractivity contribution in [2.24, 2.45) is 0 Å². The van der Waals surface area contributed by atoms with Crippen molar-refractivity contribution in [2.45, 2.75) is 32.2 Å². The van der Waals surface area contributed by atoms with Crippen molar-refractivity contribution < 1.29 is 4.79 Å². The molecule has 0 N–H and O–H groups in total. The lowest BCUT2D eigenvalue weighted by molar-refractivity contribution is -0.132. The first-order chi connectivity index (χ1) is 13.8. The van der Waals surface area contributed by atoms with Gasteiger partial charge in [-0.3, -0.25) is 14.6 Å². The Hall–Kier alpha value is -2.18. The molecular weight excluding hydrogens is 350 g/mol. The summed E-state index contributed by atoms with van der Waals surface area (Å²) >= 11 is 0. The van der Waals surface area contributed by atoms with Gasteiger partial charge in [-0.2, -0.15) is 5.10 Å². The number of benzene rings is 1. The maximum atomic E-state index is 12.6. The molecule has 2 fully saturated rings. The number of amides is 1. The van der Waals surface area contributed by atoms with Crippen LogP contribution < -0.4 is 0 Å². The van der Waals surface area contributed by atoms with Crippen LogP contribution in [0.1, 0.15) is 31.2 Å². The minimum Gasteiger partial charge on any atom is -0.342 e. The Morgan fingerprint density at radius 1 is 0.857 bits per heavy atom.